The van der Waals surface area contributed by atoms with E-state index in [1.165, 1.54) is 0 Å². The van der Waals surface area contributed by atoms with E-state index in [0.717, 1.165) is 32.1 Å². The molecule has 1 aliphatic rings. The summed E-state index contributed by atoms with van der Waals surface area (Å²) < 4.78 is 8.47. The van der Waals surface area contributed by atoms with Gasteiger partial charge in [0, 0.05) is 6.92 Å². The fourth-order valence-electron chi connectivity index (χ4n) is 3.36. The summed E-state index contributed by atoms with van der Waals surface area (Å²) >= 11 is -2.10. The van der Waals surface area contributed by atoms with Crippen LogP contribution in [0.1, 0.15) is 35.5 Å². The fraction of sp³-hybridized carbons (Fsp3) is 0.421. The molecule has 151 valence electrons. The molecular formula is C19H24N7O2Sn. The number of fused-ring (bicyclic) bond motifs is 1. The Balaban J connectivity index is 1.46. The second-order valence-electron chi connectivity index (χ2n) is 7.39. The van der Waals surface area contributed by atoms with Gasteiger partial charge in [0.2, 0.25) is 0 Å². The van der Waals surface area contributed by atoms with Crippen molar-refractivity contribution >= 4 is 41.0 Å². The van der Waals surface area contributed by atoms with Crippen LogP contribution in [0.15, 0.2) is 16.8 Å². The van der Waals surface area contributed by atoms with Gasteiger partial charge < -0.3 is 0 Å². The van der Waals surface area contributed by atoms with E-state index in [1.807, 2.05) is 44.8 Å². The van der Waals surface area contributed by atoms with Gasteiger partial charge in [0.1, 0.15) is 0 Å². The van der Waals surface area contributed by atoms with Gasteiger partial charge in [0.25, 0.3) is 0 Å². The monoisotopic (exact) mass is 502 g/mol. The van der Waals surface area contributed by atoms with Gasteiger partial charge in [-0.2, -0.15) is 0 Å². The molecule has 10 heteroatoms. The van der Waals surface area contributed by atoms with E-state index in [4.69, 9.17) is 9.40 Å². The van der Waals surface area contributed by atoms with Gasteiger partial charge in [-0.25, -0.2) is 0 Å². The van der Waals surface area contributed by atoms with Crippen LogP contribution >= 0.6 is 0 Å². The van der Waals surface area contributed by atoms with Crippen LogP contribution in [0.3, 0.4) is 0 Å². The quantitative estimate of drug-likeness (QED) is 0.515. The number of hydrogen-bond acceptors (Lipinski definition) is 7. The first-order chi connectivity index (χ1) is 13.8. The molecule has 1 amide bonds. The first-order valence-electron chi connectivity index (χ1n) is 9.53. The van der Waals surface area contributed by atoms with Crippen molar-refractivity contribution in [2.45, 2.75) is 49.7 Å². The molecular weight excluding hydrogens is 477 g/mol. The third-order valence-electron chi connectivity index (χ3n) is 5.20. The molecule has 0 aromatic carbocycles. The Labute approximate surface area is 176 Å². The maximum absolute atomic E-state index is 12.1. The number of rotatable bonds is 5. The molecule has 1 aliphatic heterocycles. The van der Waals surface area contributed by atoms with Crippen molar-refractivity contribution in [3.8, 4) is 0 Å². The van der Waals surface area contributed by atoms with Crippen molar-refractivity contribution in [2.75, 3.05) is 10.6 Å². The molecule has 1 atom stereocenters. The summed E-state index contributed by atoms with van der Waals surface area (Å²) in [5.74, 6) is 2.18. The number of carbonyl (C=O) groups excluding carboxylic acids is 1. The van der Waals surface area contributed by atoms with Crippen LogP contribution in [0.25, 0.3) is 0 Å². The first kappa shape index (κ1) is 19.9. The minimum absolute atomic E-state index is 0.0777. The van der Waals surface area contributed by atoms with Crippen LogP contribution in [-0.4, -0.2) is 50.4 Å². The molecule has 2 N–H and O–H groups in total. The Hall–Kier alpha value is -2.43. The number of carbonyl (C=O) groups is 1. The third-order valence-corrected chi connectivity index (χ3v) is 12.8. The average molecular weight is 501 g/mol. The Bertz CT molecular complexity index is 1070. The molecule has 9 nitrogen and oxygen atoms in total. The van der Waals surface area contributed by atoms with Gasteiger partial charge >= 0.3 is 169 Å². The summed E-state index contributed by atoms with van der Waals surface area (Å²) in [6, 6.07) is 0. The summed E-state index contributed by atoms with van der Waals surface area (Å²) in [4.78, 5) is 28.0. The topological polar surface area (TPSA) is 111 Å². The Morgan fingerprint density at radius 3 is 2.79 bits per heavy atom. The number of aromatic nitrogens is 5. The summed E-state index contributed by atoms with van der Waals surface area (Å²) in [5, 5.41) is 10.7. The van der Waals surface area contributed by atoms with Crippen LogP contribution in [-0.2, 0) is 17.9 Å². The van der Waals surface area contributed by atoms with Gasteiger partial charge in [-0.15, -0.1) is 0 Å². The van der Waals surface area contributed by atoms with Crippen LogP contribution < -0.4 is 14.3 Å². The molecule has 0 spiro atoms. The zero-order valence-corrected chi connectivity index (χ0v) is 20.1. The molecule has 0 unspecified atom stereocenters. The van der Waals surface area contributed by atoms with Gasteiger partial charge in [0.15, 0.2) is 0 Å². The van der Waals surface area contributed by atoms with Crippen LogP contribution in [0.4, 0.5) is 11.6 Å². The number of nitrogens with one attached hydrogen (secondary N) is 2. The molecule has 3 aromatic rings. The van der Waals surface area contributed by atoms with E-state index in [2.05, 4.69) is 30.6 Å². The van der Waals surface area contributed by atoms with Crippen molar-refractivity contribution in [1.29, 1.82) is 0 Å². The van der Waals surface area contributed by atoms with Gasteiger partial charge in [-0.1, -0.05) is 0 Å². The maximum atomic E-state index is 12.1. The van der Waals surface area contributed by atoms with E-state index in [-0.39, 0.29) is 9.84 Å². The summed E-state index contributed by atoms with van der Waals surface area (Å²) in [6.07, 6.45) is 3.80. The molecule has 1 radical (unpaired) electrons. The van der Waals surface area contributed by atoms with E-state index >= 15 is 0 Å². The SMILES string of the molecule is Cc1nc(Cn2cc(CNc3nc(C)c4[c](n3)[Sn]([CH3])[C@@H](C)C(=O)N4)cn2)c(C)o1. The molecule has 0 saturated carbocycles. The van der Waals surface area contributed by atoms with Crippen molar-refractivity contribution in [3.05, 3.63) is 41.0 Å². The minimum atomic E-state index is -2.10. The fourth-order valence-corrected chi connectivity index (χ4v) is 8.48. The predicted octanol–water partition coefficient (Wildman–Crippen LogP) is 1.92. The second kappa shape index (κ2) is 7.77. The van der Waals surface area contributed by atoms with Crippen molar-refractivity contribution in [2.24, 2.45) is 0 Å². The van der Waals surface area contributed by atoms with E-state index in [1.54, 1.807) is 0 Å². The van der Waals surface area contributed by atoms with Crippen LogP contribution in [0, 0.1) is 20.8 Å². The zero-order valence-electron chi connectivity index (χ0n) is 17.2. The van der Waals surface area contributed by atoms with E-state index < -0.39 is 19.8 Å². The molecule has 0 aliphatic carbocycles. The first-order valence-corrected chi connectivity index (χ1v) is 15.5. The summed E-state index contributed by atoms with van der Waals surface area (Å²) in [5.41, 5.74) is 3.54. The van der Waals surface area contributed by atoms with Crippen LogP contribution in [0.5, 0.6) is 0 Å². The number of oxazole rings is 1. The number of anilines is 2. The Kier molecular flexibility index (Phi) is 5.32. The molecule has 4 heterocycles. The van der Waals surface area contributed by atoms with Crippen LogP contribution in [0.2, 0.25) is 8.87 Å². The summed E-state index contributed by atoms with van der Waals surface area (Å²) in [6.45, 7) is 8.81. The second-order valence-corrected chi connectivity index (χ2v) is 15.1. The van der Waals surface area contributed by atoms with Crippen molar-refractivity contribution in [1.82, 2.24) is 24.7 Å². The van der Waals surface area contributed by atoms with Crippen molar-refractivity contribution < 1.29 is 9.21 Å². The predicted molar refractivity (Wildman–Crippen MR) is 111 cm³/mol. The number of nitrogens with zero attached hydrogens (tertiary/aromatic N) is 5. The number of hydrogen-bond donors (Lipinski definition) is 2. The Morgan fingerprint density at radius 2 is 2.07 bits per heavy atom. The van der Waals surface area contributed by atoms with E-state index in [0.29, 0.717) is 24.9 Å². The standard InChI is InChI=1S/C18H21N7O2.CH3.Sn/c1-5-17(26)24-15-8-20-18(22-11(15)2)19-6-14-7-21-25(9-14)10-16-12(3)27-13(4)23-16;;/h5,7,9H,6,10H2,1-4H3,(H,24,26)(H,19,20,22);1H3;. The van der Waals surface area contributed by atoms with Gasteiger partial charge in [0.05, 0.1) is 0 Å². The Morgan fingerprint density at radius 1 is 1.28 bits per heavy atom. The van der Waals surface area contributed by atoms with Gasteiger partial charge in [-0.3, -0.25) is 0 Å². The normalized spacial score (nSPS) is 16.6. The summed E-state index contributed by atoms with van der Waals surface area (Å²) in [7, 11) is 0. The molecule has 4 rings (SSSR count). The molecule has 29 heavy (non-hydrogen) atoms. The van der Waals surface area contributed by atoms with E-state index in [9.17, 15) is 4.79 Å². The zero-order chi connectivity index (χ0) is 20.7. The average Bonchev–Trinajstić information content (AvgIpc) is 3.25. The molecule has 0 fully saturated rings. The molecule has 0 bridgehead atoms. The molecule has 3 aromatic heterocycles. The van der Waals surface area contributed by atoms with Crippen molar-refractivity contribution in [3.63, 3.8) is 0 Å². The number of aryl methyl sites for hydroxylation is 3. The van der Waals surface area contributed by atoms with Gasteiger partial charge in [-0.05, 0) is 0 Å². The third kappa shape index (κ3) is 4.00. The molecule has 0 saturated heterocycles. The number of amides is 1.